The maximum atomic E-state index is 13.0. The smallest absolute Gasteiger partial charge is 0.339 e. The second kappa shape index (κ2) is 7.79. The number of phenols is 1. The molecule has 0 heterocycles. The molecule has 3 rings (SSSR count). The number of anilines is 1. The minimum Gasteiger partial charge on any atom is -0.508 e. The van der Waals surface area contributed by atoms with E-state index in [1.165, 1.54) is 36.4 Å². The number of aromatic hydroxyl groups is 1. The number of ether oxygens (including phenoxy) is 1. The SMILES string of the molecule is Cc1c(O)cccc1Oc1ccc(NC(=O)c2ccc(F)cc2)cc1C(=O)O. The fourth-order valence-electron chi connectivity index (χ4n) is 2.50. The molecule has 3 aromatic rings. The average molecular weight is 381 g/mol. The van der Waals surface area contributed by atoms with Gasteiger partial charge in [0.25, 0.3) is 5.91 Å². The molecule has 28 heavy (non-hydrogen) atoms. The number of carboxylic acid groups (broad SMARTS) is 1. The minimum atomic E-state index is -1.24. The van der Waals surface area contributed by atoms with Gasteiger partial charge in [-0.1, -0.05) is 6.07 Å². The largest absolute Gasteiger partial charge is 0.508 e. The molecule has 7 heteroatoms. The molecular formula is C21H16FNO5. The predicted octanol–water partition coefficient (Wildman–Crippen LogP) is 4.58. The van der Waals surface area contributed by atoms with E-state index in [1.54, 1.807) is 19.1 Å². The van der Waals surface area contributed by atoms with Crippen LogP contribution in [-0.4, -0.2) is 22.1 Å². The zero-order valence-corrected chi connectivity index (χ0v) is 14.8. The molecule has 1 amide bonds. The van der Waals surface area contributed by atoms with Crippen molar-refractivity contribution in [3.63, 3.8) is 0 Å². The van der Waals surface area contributed by atoms with Gasteiger partial charge in [-0.2, -0.15) is 0 Å². The zero-order valence-electron chi connectivity index (χ0n) is 14.8. The number of aromatic carboxylic acids is 1. The van der Waals surface area contributed by atoms with Crippen LogP contribution < -0.4 is 10.1 Å². The molecule has 0 aliphatic rings. The Bertz CT molecular complexity index is 1050. The number of rotatable bonds is 5. The number of hydrogen-bond donors (Lipinski definition) is 3. The van der Waals surface area contributed by atoms with Gasteiger partial charge in [-0.15, -0.1) is 0 Å². The maximum absolute atomic E-state index is 13.0. The summed E-state index contributed by atoms with van der Waals surface area (Å²) in [6, 6.07) is 13.8. The van der Waals surface area contributed by atoms with Gasteiger partial charge in [0, 0.05) is 16.8 Å². The van der Waals surface area contributed by atoms with Crippen LogP contribution in [-0.2, 0) is 0 Å². The second-order valence-electron chi connectivity index (χ2n) is 5.98. The van der Waals surface area contributed by atoms with Gasteiger partial charge in [-0.05, 0) is 61.5 Å². The third kappa shape index (κ3) is 4.09. The lowest BCUT2D eigenvalue weighted by atomic mass is 10.1. The molecule has 0 saturated heterocycles. The first-order valence-corrected chi connectivity index (χ1v) is 8.26. The van der Waals surface area contributed by atoms with Crippen molar-refractivity contribution in [3.8, 4) is 17.2 Å². The number of halogens is 1. The summed E-state index contributed by atoms with van der Waals surface area (Å²) in [4.78, 5) is 23.9. The highest BCUT2D eigenvalue weighted by atomic mass is 19.1. The Hall–Kier alpha value is -3.87. The van der Waals surface area contributed by atoms with E-state index in [0.717, 1.165) is 12.1 Å². The molecule has 0 atom stereocenters. The van der Waals surface area contributed by atoms with E-state index in [0.29, 0.717) is 11.3 Å². The summed E-state index contributed by atoms with van der Waals surface area (Å²) in [5.41, 5.74) is 0.771. The molecule has 0 aliphatic heterocycles. The number of carbonyl (C=O) groups is 2. The lowest BCUT2D eigenvalue weighted by molar-refractivity contribution is 0.0693. The van der Waals surface area contributed by atoms with E-state index in [9.17, 15) is 24.2 Å². The molecule has 0 radical (unpaired) electrons. The zero-order chi connectivity index (χ0) is 20.3. The highest BCUT2D eigenvalue weighted by Gasteiger charge is 2.16. The van der Waals surface area contributed by atoms with Gasteiger partial charge in [0.2, 0.25) is 0 Å². The summed E-state index contributed by atoms with van der Waals surface area (Å²) in [5, 5.41) is 21.8. The number of carbonyl (C=O) groups excluding carboxylic acids is 1. The highest BCUT2D eigenvalue weighted by molar-refractivity contribution is 6.05. The average Bonchev–Trinajstić information content (AvgIpc) is 2.67. The Labute approximate surface area is 159 Å². The number of hydrogen-bond acceptors (Lipinski definition) is 4. The topological polar surface area (TPSA) is 95.9 Å². The molecule has 3 N–H and O–H groups in total. The van der Waals surface area contributed by atoms with Crippen molar-refractivity contribution in [2.75, 3.05) is 5.32 Å². The molecule has 142 valence electrons. The van der Waals surface area contributed by atoms with Crippen LogP contribution in [0.5, 0.6) is 17.2 Å². The molecule has 0 saturated carbocycles. The van der Waals surface area contributed by atoms with Gasteiger partial charge in [-0.25, -0.2) is 9.18 Å². The van der Waals surface area contributed by atoms with Crippen LogP contribution in [0.3, 0.4) is 0 Å². The van der Waals surface area contributed by atoms with Crippen molar-refractivity contribution in [1.82, 2.24) is 0 Å². The fourth-order valence-corrected chi connectivity index (χ4v) is 2.50. The van der Waals surface area contributed by atoms with E-state index in [1.807, 2.05) is 0 Å². The summed E-state index contributed by atoms with van der Waals surface area (Å²) in [7, 11) is 0. The Morgan fingerprint density at radius 1 is 1.00 bits per heavy atom. The first-order chi connectivity index (χ1) is 13.3. The van der Waals surface area contributed by atoms with E-state index in [-0.39, 0.29) is 28.3 Å². The van der Waals surface area contributed by atoms with Crippen LogP contribution in [0.15, 0.2) is 60.7 Å². The Balaban J connectivity index is 1.86. The van der Waals surface area contributed by atoms with E-state index in [4.69, 9.17) is 4.74 Å². The van der Waals surface area contributed by atoms with Crippen LogP contribution in [0.4, 0.5) is 10.1 Å². The fraction of sp³-hybridized carbons (Fsp3) is 0.0476. The summed E-state index contributed by atoms with van der Waals surface area (Å²) >= 11 is 0. The Kier molecular flexibility index (Phi) is 5.26. The second-order valence-corrected chi connectivity index (χ2v) is 5.98. The van der Waals surface area contributed by atoms with Gasteiger partial charge in [-0.3, -0.25) is 4.79 Å². The molecule has 6 nitrogen and oxygen atoms in total. The lowest BCUT2D eigenvalue weighted by Crippen LogP contribution is -2.12. The van der Waals surface area contributed by atoms with Crippen molar-refractivity contribution in [2.45, 2.75) is 6.92 Å². The molecule has 3 aromatic carbocycles. The van der Waals surface area contributed by atoms with Crippen LogP contribution >= 0.6 is 0 Å². The molecule has 0 aromatic heterocycles. The lowest BCUT2D eigenvalue weighted by Gasteiger charge is -2.13. The van der Waals surface area contributed by atoms with Crippen LogP contribution in [0.1, 0.15) is 26.3 Å². The highest BCUT2D eigenvalue weighted by Crippen LogP contribution is 2.33. The monoisotopic (exact) mass is 381 g/mol. The first-order valence-electron chi connectivity index (χ1n) is 8.26. The van der Waals surface area contributed by atoms with Crippen molar-refractivity contribution in [1.29, 1.82) is 0 Å². The van der Waals surface area contributed by atoms with E-state index < -0.39 is 17.7 Å². The van der Waals surface area contributed by atoms with Gasteiger partial charge in [0.05, 0.1) is 0 Å². The molecule has 0 spiro atoms. The number of nitrogens with one attached hydrogen (secondary N) is 1. The van der Waals surface area contributed by atoms with Crippen LogP contribution in [0.25, 0.3) is 0 Å². The standard InChI is InChI=1S/C21H16FNO5/c1-12-17(24)3-2-4-18(12)28-19-10-9-15(11-16(19)21(26)27)23-20(25)13-5-7-14(22)8-6-13/h2-11,24H,1H3,(H,23,25)(H,26,27). The molecule has 0 fully saturated rings. The number of amides is 1. The molecule has 0 aliphatic carbocycles. The number of benzene rings is 3. The molecule has 0 unspecified atom stereocenters. The Morgan fingerprint density at radius 3 is 2.39 bits per heavy atom. The van der Waals surface area contributed by atoms with E-state index in [2.05, 4.69) is 5.32 Å². The van der Waals surface area contributed by atoms with Crippen molar-refractivity contribution in [2.24, 2.45) is 0 Å². The normalized spacial score (nSPS) is 10.4. The summed E-state index contributed by atoms with van der Waals surface area (Å²) in [5.74, 6) is -1.82. The van der Waals surface area contributed by atoms with Crippen LogP contribution in [0.2, 0.25) is 0 Å². The summed E-state index contributed by atoms with van der Waals surface area (Å²) in [6.45, 7) is 1.64. The predicted molar refractivity (Wildman–Crippen MR) is 101 cm³/mol. The van der Waals surface area contributed by atoms with Crippen molar-refractivity contribution in [3.05, 3.63) is 83.2 Å². The van der Waals surface area contributed by atoms with Crippen molar-refractivity contribution < 1.29 is 28.9 Å². The Morgan fingerprint density at radius 2 is 1.71 bits per heavy atom. The van der Waals surface area contributed by atoms with E-state index >= 15 is 0 Å². The van der Waals surface area contributed by atoms with Gasteiger partial charge >= 0.3 is 5.97 Å². The van der Waals surface area contributed by atoms with Gasteiger partial charge in [0.1, 0.15) is 28.6 Å². The number of carboxylic acids is 1. The van der Waals surface area contributed by atoms with Crippen molar-refractivity contribution >= 4 is 17.6 Å². The summed E-state index contributed by atoms with van der Waals surface area (Å²) < 4.78 is 18.6. The third-order valence-electron chi connectivity index (χ3n) is 4.05. The van der Waals surface area contributed by atoms with Crippen LogP contribution in [0, 0.1) is 12.7 Å². The molecular weight excluding hydrogens is 365 g/mol. The maximum Gasteiger partial charge on any atom is 0.339 e. The van der Waals surface area contributed by atoms with Gasteiger partial charge < -0.3 is 20.3 Å². The quantitative estimate of drug-likeness (QED) is 0.601. The number of phenolic OH excluding ortho intramolecular Hbond substituents is 1. The minimum absolute atomic E-state index is 0.0255. The third-order valence-corrected chi connectivity index (χ3v) is 4.05. The first kappa shape index (κ1) is 18.9. The van der Waals surface area contributed by atoms with Gasteiger partial charge in [0.15, 0.2) is 0 Å². The summed E-state index contributed by atoms with van der Waals surface area (Å²) in [6.07, 6.45) is 0. The molecule has 0 bridgehead atoms.